The number of nitrogens with zero attached hydrogens (tertiary/aromatic N) is 3. The molecule has 6 aliphatic rings. The average molecular weight is 2100 g/mol. The molecule has 4 saturated heterocycles. The van der Waals surface area contributed by atoms with Crippen LogP contribution < -0.4 is 51.8 Å². The van der Waals surface area contributed by atoms with Gasteiger partial charge < -0.3 is 120 Å². The van der Waals surface area contributed by atoms with E-state index >= 15 is 0 Å². The standard InChI is InChI=1S/C94H131IN10O30S3/c1-20-61(104(21-2)69(112)45-97-91(121)129-46-56-27-29-58(30-28-56)100-87(116)60(41-66(96)109)101-86(115)52(9)99-85(114)51(8)98-67(110)31-32-68(111)103-37-33-57(34-38-103)88(117)118)65(124-15)40-49(6)130-81(89(119)134-64-26-24-22-23-25-36-94(123)44-63(108)74(102-92(122)128-19)72(64)59(94)35-39-136-138-93(13,14)43-48(5)106)76-75(47(3)4)105(76)135-70-42-62(107)84(55(12)131-70)137-90(120)71-50(7)73(95)80(83(127-18)79(71)125-16)132-53(10)77(113)82(126-17)78-54(11)133-78/h22-23,27-30,35,47,49,51-55,57,60-62,64-65,70,75-78,81-82,84,89,107,113,119,123H,20-21,31-34,37-46H2,1-19H3,(H2,96,109)(H,97,121)(H,98,110)(H,99,114)(H,100,116)(H,101,115)(H,102,122)(H,117,118)/b23-22-,59-35+/t49?,51-,52-,53?,54?,55?,60-,61?,62?,64-,65?,70?,75?,76?,77?,78?,81?,82?,84?,89?,94-,105?/m0/s1. The molecule has 138 heavy (non-hydrogen) atoms. The van der Waals surface area contributed by atoms with Gasteiger partial charge in [0.1, 0.15) is 73.7 Å². The van der Waals surface area contributed by atoms with E-state index in [4.69, 9.17) is 62.7 Å². The number of carboxylic acids is 1. The van der Waals surface area contributed by atoms with Crippen LogP contribution in [0.1, 0.15) is 176 Å². The van der Waals surface area contributed by atoms with Crippen LogP contribution in [0.3, 0.4) is 0 Å². The highest BCUT2D eigenvalue weighted by atomic mass is 127. The van der Waals surface area contributed by atoms with Crippen LogP contribution in [0, 0.1) is 46.0 Å². The summed E-state index contributed by atoms with van der Waals surface area (Å²) in [5, 5.41) is 73.8. The number of rotatable bonds is 50. The number of benzene rings is 2. The highest BCUT2D eigenvalue weighted by Gasteiger charge is 2.61. The number of methoxy groups -OCH3 is 5. The number of hydroxylamine groups is 2. The van der Waals surface area contributed by atoms with E-state index in [1.54, 1.807) is 45.8 Å². The molecular formula is C94H131IN10O30S3. The van der Waals surface area contributed by atoms with Gasteiger partial charge in [0.05, 0.1) is 109 Å². The smallest absolute Gasteiger partial charge is 0.411 e. The molecule has 0 saturated carbocycles. The van der Waals surface area contributed by atoms with Crippen LogP contribution in [0.4, 0.5) is 15.3 Å². The number of likely N-dealkylation sites (N-methyl/N-ethyl adjacent to an activating group) is 1. The van der Waals surface area contributed by atoms with Crippen LogP contribution >= 0.6 is 55.9 Å². The molecule has 2 aromatic carbocycles. The number of aliphatic hydroxyl groups is 4. The molecule has 4 aliphatic heterocycles. The molecule has 0 spiro atoms. The lowest BCUT2D eigenvalue weighted by Crippen LogP contribution is -2.55. The number of carboxylic acid groups (broad SMARTS) is 1. The number of carbonyl (C=O) groups excluding carboxylic acids is 12. The molecule has 0 radical (unpaired) electrons. The molecule has 0 aromatic heterocycles. The van der Waals surface area contributed by atoms with Crippen molar-refractivity contribution in [1.82, 2.24) is 41.4 Å². The van der Waals surface area contributed by atoms with Gasteiger partial charge in [-0.25, -0.2) is 9.59 Å². The first kappa shape index (κ1) is 114. The minimum absolute atomic E-state index is 0.000390. The van der Waals surface area contributed by atoms with Crippen LogP contribution in [0.15, 0.2) is 59.3 Å². The number of alkyl carbamates (subject to hydrolysis) is 2. The van der Waals surface area contributed by atoms with Crippen molar-refractivity contribution < 1.29 is 145 Å². The third-order valence-electron chi connectivity index (χ3n) is 24.1. The number of Topliss-reactive ketones (excluding diaryl/α,β-unsaturated/α-hetero) is 2. The Labute approximate surface area is 829 Å². The normalized spacial score (nSPS) is 24.1. The Morgan fingerprint density at radius 1 is 0.819 bits per heavy atom. The third kappa shape index (κ3) is 31.1. The Bertz CT molecular complexity index is 4930. The Morgan fingerprint density at radius 2 is 1.47 bits per heavy atom. The van der Waals surface area contributed by atoms with Crippen LogP contribution in [0.2, 0.25) is 0 Å². The van der Waals surface area contributed by atoms with Crippen molar-refractivity contribution in [2.45, 2.75) is 299 Å². The summed E-state index contributed by atoms with van der Waals surface area (Å²) in [4.78, 5) is 182. The van der Waals surface area contributed by atoms with Crippen LogP contribution in [0.25, 0.3) is 0 Å². The van der Waals surface area contributed by atoms with Gasteiger partial charge in [0.15, 0.2) is 35.5 Å². The van der Waals surface area contributed by atoms with E-state index in [0.717, 1.165) is 18.9 Å². The van der Waals surface area contributed by atoms with Crippen molar-refractivity contribution in [3.8, 4) is 40.9 Å². The molecule has 2 aromatic rings. The molecule has 13 N–H and O–H groups in total. The SMILES string of the molecule is CCC(C(CC(C)OC(C(O)O[C@H]1C#C/C=C\C#C[C@]2(O)CC(=O)C(NC(=O)OC)=C1/C2=C\CSSC(C)(C)CC(C)=O)C1C(C(C)C)N1OC1CC(O)C(SC(=O)c2c(C)c(I)c(OC(C)C(O)C(OC)C3OC3C)c(OC)c2OC)C(C)O1)OC)N(CC)C(=O)CNC(=O)OCc1ccc(NC(=O)[C@H](CC(N)=O)NC(=O)[C@H](C)NC(=O)[C@H](C)NC(=O)CCC(=O)N2CCC(C(=O)O)CC2)cc1. The number of nitrogens with one attached hydrogen (secondary N) is 6. The van der Waals surface area contributed by atoms with Gasteiger partial charge in [-0.15, -0.1) is 0 Å². The molecule has 8 rings (SSSR count). The molecule has 40 nitrogen and oxygen atoms in total. The van der Waals surface area contributed by atoms with Crippen molar-refractivity contribution in [1.29, 1.82) is 0 Å². The first-order chi connectivity index (χ1) is 65.2. The first-order valence-electron chi connectivity index (χ1n) is 45.5. The largest absolute Gasteiger partial charge is 0.492 e. The fourth-order valence-electron chi connectivity index (χ4n) is 16.9. The molecule has 17 unspecified atom stereocenters. The summed E-state index contributed by atoms with van der Waals surface area (Å²) in [6, 6.07) is -0.388. The Hall–Kier alpha value is -9.21. The summed E-state index contributed by atoms with van der Waals surface area (Å²) < 4.78 is 66.4. The maximum atomic E-state index is 14.8. The topological polar surface area (TPSA) is 545 Å². The number of anilines is 1. The monoisotopic (exact) mass is 2100 g/mol. The minimum atomic E-state index is -2.24. The number of thioether (sulfide) groups is 1. The second-order valence-corrected chi connectivity index (χ2v) is 40.7. The molecule has 2 aliphatic carbocycles. The number of allylic oxidation sites excluding steroid dienone is 3. The van der Waals surface area contributed by atoms with Crippen molar-refractivity contribution in [3.63, 3.8) is 0 Å². The van der Waals surface area contributed by atoms with E-state index < -0.39 is 209 Å². The van der Waals surface area contributed by atoms with Crippen molar-refractivity contribution in [3.05, 3.63) is 79.6 Å². The van der Waals surface area contributed by atoms with Gasteiger partial charge in [-0.3, -0.25) is 62.9 Å². The van der Waals surface area contributed by atoms with E-state index in [1.807, 2.05) is 64.1 Å². The summed E-state index contributed by atoms with van der Waals surface area (Å²) in [5.41, 5.74) is 3.85. The number of fused-ring (bicyclic) bond motifs is 2. The zero-order valence-electron chi connectivity index (χ0n) is 81.0. The first-order valence-corrected chi connectivity index (χ1v) is 49.8. The number of halogens is 1. The van der Waals surface area contributed by atoms with Gasteiger partial charge in [-0.1, -0.05) is 96.0 Å². The highest BCUT2D eigenvalue weighted by Crippen LogP contribution is 2.50. The number of primary amides is 1. The molecule has 2 bridgehead atoms. The number of nitrogens with two attached hydrogens (primary N) is 1. The lowest BCUT2D eigenvalue weighted by molar-refractivity contribution is -0.288. The summed E-state index contributed by atoms with van der Waals surface area (Å²) in [5.74, 6) is 4.26. The van der Waals surface area contributed by atoms with Crippen molar-refractivity contribution in [2.24, 2.45) is 17.6 Å². The average Bonchev–Trinajstić information content (AvgIpc) is 1.55. The van der Waals surface area contributed by atoms with Crippen LogP contribution in [-0.2, 0) is 97.3 Å². The number of aliphatic hydroxyl groups excluding tert-OH is 3. The third-order valence-corrected chi connectivity index (χ3v) is 29.9. The molecule has 762 valence electrons. The Kier molecular flexibility index (Phi) is 43.4. The predicted octanol–water partition coefficient (Wildman–Crippen LogP) is 5.73. The van der Waals surface area contributed by atoms with Crippen molar-refractivity contribution >= 4 is 138 Å². The number of likely N-dealkylation sites (tertiary alicyclic amines) is 1. The molecule has 9 amide bonds. The van der Waals surface area contributed by atoms with Gasteiger partial charge in [-0.05, 0) is 159 Å². The maximum Gasteiger partial charge on any atom is 0.411 e. The van der Waals surface area contributed by atoms with Gasteiger partial charge in [0.2, 0.25) is 52.2 Å². The number of ether oxygens (including phenoxy) is 11. The lowest BCUT2D eigenvalue weighted by Gasteiger charge is -2.38. The van der Waals surface area contributed by atoms with Crippen molar-refractivity contribution in [2.75, 3.05) is 72.8 Å². The maximum absolute atomic E-state index is 14.8. The number of hydrogen-bond donors (Lipinski definition) is 12. The summed E-state index contributed by atoms with van der Waals surface area (Å²) in [6.07, 6.45) is -12.0. The fraction of sp³-hybridized carbons (Fsp3) is 0.628. The quantitative estimate of drug-likeness (QED) is 0.00939. The summed E-state index contributed by atoms with van der Waals surface area (Å²) in [6.45, 7) is 23.7. The summed E-state index contributed by atoms with van der Waals surface area (Å²) >= 11 is 2.86. The molecular weight excluding hydrogens is 1970 g/mol. The number of aliphatic carboxylic acids is 1. The van der Waals surface area contributed by atoms with E-state index in [1.165, 1.54) is 117 Å². The second-order valence-electron chi connectivity index (χ2n) is 35.4. The van der Waals surface area contributed by atoms with Gasteiger partial charge in [-0.2, -0.15) is 5.06 Å². The number of amides is 9. The van der Waals surface area contributed by atoms with Crippen LogP contribution in [-0.4, -0.2) is 316 Å². The van der Waals surface area contributed by atoms with Gasteiger partial charge in [0, 0.05) is 93.3 Å². The number of hydrogen-bond acceptors (Lipinski definition) is 33. The molecule has 22 atom stereocenters. The number of carbonyl (C=O) groups is 13. The van der Waals surface area contributed by atoms with Gasteiger partial charge in [0.25, 0.3) is 0 Å². The molecule has 44 heteroatoms. The zero-order chi connectivity index (χ0) is 102. The number of piperidine rings is 1. The number of ketones is 2. The minimum Gasteiger partial charge on any atom is -0.492 e. The molecule has 4 heterocycles. The zero-order valence-corrected chi connectivity index (χ0v) is 85.6. The van der Waals surface area contributed by atoms with E-state index in [-0.39, 0.29) is 139 Å². The van der Waals surface area contributed by atoms with E-state index in [9.17, 15) is 87.9 Å². The fourth-order valence-corrected chi connectivity index (χ4v) is 21.1. The highest BCUT2D eigenvalue weighted by molar-refractivity contribution is 14.1. The van der Waals surface area contributed by atoms with E-state index in [0.29, 0.717) is 34.0 Å². The Morgan fingerprint density at radius 3 is 2.06 bits per heavy atom. The second kappa shape index (κ2) is 52.5. The lowest BCUT2D eigenvalue weighted by atomic mass is 9.75. The number of epoxide rings is 1. The van der Waals surface area contributed by atoms with Crippen LogP contribution in [0.5, 0.6) is 17.2 Å². The van der Waals surface area contributed by atoms with E-state index in [2.05, 4.69) is 55.6 Å². The predicted molar refractivity (Wildman–Crippen MR) is 516 cm³/mol. The summed E-state index contributed by atoms with van der Waals surface area (Å²) in [7, 11) is 9.51. The Balaban J connectivity index is 0.963. The molecule has 4 fully saturated rings. The van der Waals surface area contributed by atoms with Gasteiger partial charge >= 0.3 is 18.2 Å².